The lowest BCUT2D eigenvalue weighted by molar-refractivity contribution is 0.256. The summed E-state index contributed by atoms with van der Waals surface area (Å²) in [5.74, 6) is 0.781. The topological polar surface area (TPSA) is 116 Å². The fourth-order valence-corrected chi connectivity index (χ4v) is 4.32. The van der Waals surface area contributed by atoms with Crippen LogP contribution in [0, 0.1) is 5.41 Å². The number of benzene rings is 1. The first-order chi connectivity index (χ1) is 12.8. The van der Waals surface area contributed by atoms with Gasteiger partial charge in [0.05, 0.1) is 10.7 Å². The van der Waals surface area contributed by atoms with Gasteiger partial charge in [-0.15, -0.1) is 0 Å². The van der Waals surface area contributed by atoms with E-state index in [1.165, 1.54) is 11.8 Å². The second kappa shape index (κ2) is 7.61. The molecule has 3 rings (SSSR count). The molecular weight excluding hydrogens is 384 g/mol. The molecule has 1 aliphatic heterocycles. The third-order valence-corrected chi connectivity index (χ3v) is 6.89. The first-order valence-electron chi connectivity index (χ1n) is 8.79. The molecule has 1 fully saturated rings. The van der Waals surface area contributed by atoms with Gasteiger partial charge in [-0.1, -0.05) is 36.4 Å². The molecule has 1 saturated heterocycles. The van der Waals surface area contributed by atoms with Crippen LogP contribution in [-0.2, 0) is 7.05 Å². The van der Waals surface area contributed by atoms with E-state index in [0.29, 0.717) is 33.0 Å². The highest BCUT2D eigenvalue weighted by Gasteiger charge is 2.30. The van der Waals surface area contributed by atoms with Crippen LogP contribution in [0.4, 0.5) is 17.5 Å². The van der Waals surface area contributed by atoms with Crippen molar-refractivity contribution in [2.24, 2.45) is 18.2 Å². The Morgan fingerprint density at radius 1 is 1.30 bits per heavy atom. The third kappa shape index (κ3) is 3.88. The van der Waals surface area contributed by atoms with Gasteiger partial charge >= 0.3 is 0 Å². The summed E-state index contributed by atoms with van der Waals surface area (Å²) in [4.78, 5) is 20.6. The first-order valence-corrected chi connectivity index (χ1v) is 9.98. The summed E-state index contributed by atoms with van der Waals surface area (Å²) in [6.45, 7) is 4.44. The van der Waals surface area contributed by atoms with Gasteiger partial charge in [0.2, 0.25) is 5.95 Å². The molecule has 0 aliphatic carbocycles. The minimum atomic E-state index is -0.201. The Bertz CT molecular complexity index is 907. The molecule has 1 aromatic carbocycles. The molecule has 7 nitrogen and oxygen atoms in total. The average Bonchev–Trinajstić information content (AvgIpc) is 2.66. The molecule has 6 N–H and O–H groups in total. The van der Waals surface area contributed by atoms with Crippen molar-refractivity contribution >= 4 is 40.8 Å². The van der Waals surface area contributed by atoms with Crippen LogP contribution in [0.5, 0.6) is 0 Å². The number of nitrogen functional groups attached to an aromatic ring is 2. The second-order valence-electron chi connectivity index (χ2n) is 7.25. The molecular formula is C18H25ClN6OS. The Kier molecular flexibility index (Phi) is 5.60. The van der Waals surface area contributed by atoms with Crippen LogP contribution >= 0.6 is 23.4 Å². The molecule has 146 valence electrons. The summed E-state index contributed by atoms with van der Waals surface area (Å²) in [7, 11) is 1.71. The number of anilines is 3. The number of hydrogen-bond acceptors (Lipinski definition) is 7. The third-order valence-electron chi connectivity index (χ3n) is 5.20. The van der Waals surface area contributed by atoms with Crippen LogP contribution in [-0.4, -0.2) is 29.2 Å². The van der Waals surface area contributed by atoms with E-state index in [1.807, 2.05) is 0 Å². The lowest BCUT2D eigenvalue weighted by Gasteiger charge is -2.39. The zero-order valence-corrected chi connectivity index (χ0v) is 17.1. The number of nitrogens with zero attached hydrogens (tertiary/aromatic N) is 3. The van der Waals surface area contributed by atoms with Crippen molar-refractivity contribution in [1.29, 1.82) is 0 Å². The van der Waals surface area contributed by atoms with Gasteiger partial charge in [-0.2, -0.15) is 4.98 Å². The largest absolute Gasteiger partial charge is 0.397 e. The summed E-state index contributed by atoms with van der Waals surface area (Å²) < 4.78 is 1.55. The summed E-state index contributed by atoms with van der Waals surface area (Å²) in [5.41, 5.74) is 18.3. The van der Waals surface area contributed by atoms with Gasteiger partial charge in [-0.3, -0.25) is 9.36 Å². The van der Waals surface area contributed by atoms with Crippen LogP contribution in [0.1, 0.15) is 19.8 Å². The van der Waals surface area contributed by atoms with Crippen molar-refractivity contribution in [2.45, 2.75) is 29.6 Å². The summed E-state index contributed by atoms with van der Waals surface area (Å²) >= 11 is 7.43. The van der Waals surface area contributed by atoms with Gasteiger partial charge in [-0.05, 0) is 36.9 Å². The molecule has 2 aromatic rings. The molecule has 2 heterocycles. The highest BCUT2D eigenvalue weighted by atomic mass is 35.5. The fourth-order valence-electron chi connectivity index (χ4n) is 3.13. The quantitative estimate of drug-likeness (QED) is 0.664. The molecule has 0 spiro atoms. The van der Waals surface area contributed by atoms with Crippen LogP contribution in [0.25, 0.3) is 0 Å². The Labute approximate surface area is 167 Å². The van der Waals surface area contributed by atoms with E-state index < -0.39 is 0 Å². The first kappa shape index (κ1) is 19.9. The van der Waals surface area contributed by atoms with Gasteiger partial charge in [0.1, 0.15) is 10.7 Å². The van der Waals surface area contributed by atoms with E-state index in [2.05, 4.69) is 16.8 Å². The minimum Gasteiger partial charge on any atom is -0.397 e. The predicted molar refractivity (Wildman–Crippen MR) is 112 cm³/mol. The predicted octanol–water partition coefficient (Wildman–Crippen LogP) is 2.31. The van der Waals surface area contributed by atoms with Crippen molar-refractivity contribution in [2.75, 3.05) is 36.0 Å². The molecule has 9 heteroatoms. The van der Waals surface area contributed by atoms with Gasteiger partial charge in [0.25, 0.3) is 5.56 Å². The maximum absolute atomic E-state index is 12.9. The van der Waals surface area contributed by atoms with E-state index in [0.717, 1.165) is 25.9 Å². The number of aromatic nitrogens is 2. The van der Waals surface area contributed by atoms with Crippen molar-refractivity contribution in [3.8, 4) is 0 Å². The second-order valence-corrected chi connectivity index (χ2v) is 8.68. The van der Waals surface area contributed by atoms with Crippen LogP contribution < -0.4 is 27.7 Å². The zero-order chi connectivity index (χ0) is 19.8. The van der Waals surface area contributed by atoms with E-state index >= 15 is 0 Å². The zero-order valence-electron chi connectivity index (χ0n) is 15.5. The molecule has 0 atom stereocenters. The molecule has 0 unspecified atom stereocenters. The normalized spacial score (nSPS) is 16.5. The van der Waals surface area contributed by atoms with Crippen molar-refractivity contribution in [3.05, 3.63) is 33.6 Å². The van der Waals surface area contributed by atoms with Crippen LogP contribution in [0.15, 0.2) is 32.8 Å². The summed E-state index contributed by atoms with van der Waals surface area (Å²) in [6.07, 6.45) is 1.91. The molecule has 0 bridgehead atoms. The maximum atomic E-state index is 12.9. The molecule has 0 amide bonds. The maximum Gasteiger partial charge on any atom is 0.270 e. The summed E-state index contributed by atoms with van der Waals surface area (Å²) in [6, 6.07) is 5.29. The molecule has 27 heavy (non-hydrogen) atoms. The van der Waals surface area contributed by atoms with E-state index in [9.17, 15) is 4.79 Å². The minimum absolute atomic E-state index is 0.140. The Balaban J connectivity index is 1.91. The number of piperidine rings is 1. The van der Waals surface area contributed by atoms with Crippen molar-refractivity contribution < 1.29 is 0 Å². The molecule has 1 aliphatic rings. The Hall–Kier alpha value is -1.90. The Morgan fingerprint density at radius 3 is 2.59 bits per heavy atom. The lowest BCUT2D eigenvalue weighted by atomic mass is 9.81. The molecule has 0 saturated carbocycles. The lowest BCUT2D eigenvalue weighted by Crippen LogP contribution is -2.44. The average molecular weight is 409 g/mol. The number of hydrogen-bond donors (Lipinski definition) is 3. The monoisotopic (exact) mass is 408 g/mol. The smallest absolute Gasteiger partial charge is 0.270 e. The number of nitrogens with two attached hydrogens (primary N) is 3. The number of halogens is 1. The summed E-state index contributed by atoms with van der Waals surface area (Å²) in [5, 5.41) is 0.408. The standard InChI is InChI=1S/C18H25ClN6OS/c1-18(10-20)6-8-25(9-7-18)17-23-15(22)14(16(26)24(17)2)27-12-5-3-4-11(21)13(12)19/h3-5H,6-10,20-22H2,1-2H3. The van der Waals surface area contributed by atoms with Gasteiger partial charge in [0.15, 0.2) is 0 Å². The van der Waals surface area contributed by atoms with Gasteiger partial charge in [-0.25, -0.2) is 0 Å². The van der Waals surface area contributed by atoms with E-state index in [4.69, 9.17) is 28.8 Å². The van der Waals surface area contributed by atoms with Gasteiger partial charge < -0.3 is 22.1 Å². The van der Waals surface area contributed by atoms with E-state index in [-0.39, 0.29) is 16.8 Å². The van der Waals surface area contributed by atoms with Crippen molar-refractivity contribution in [3.63, 3.8) is 0 Å². The van der Waals surface area contributed by atoms with Crippen molar-refractivity contribution in [1.82, 2.24) is 9.55 Å². The number of rotatable bonds is 4. The highest BCUT2D eigenvalue weighted by molar-refractivity contribution is 7.99. The van der Waals surface area contributed by atoms with Crippen LogP contribution in [0.2, 0.25) is 5.02 Å². The highest BCUT2D eigenvalue weighted by Crippen LogP contribution is 2.37. The molecule has 1 aromatic heterocycles. The van der Waals surface area contributed by atoms with E-state index in [1.54, 1.807) is 29.8 Å². The fraction of sp³-hybridized carbons (Fsp3) is 0.444. The Morgan fingerprint density at radius 2 is 1.96 bits per heavy atom. The SMILES string of the molecule is Cn1c(N2CCC(C)(CN)CC2)nc(N)c(Sc2cccc(N)c2Cl)c1=O. The van der Waals surface area contributed by atoms with Crippen LogP contribution in [0.3, 0.4) is 0 Å². The van der Waals surface area contributed by atoms with Gasteiger partial charge in [0, 0.05) is 25.0 Å². The molecule has 0 radical (unpaired) electrons.